The Morgan fingerprint density at radius 1 is 1.20 bits per heavy atom. The lowest BCUT2D eigenvalue weighted by molar-refractivity contribution is 0.146. The molecule has 0 fully saturated rings. The second kappa shape index (κ2) is 5.74. The largest absolute Gasteiger partial charge is 0.388 e. The number of halogens is 2. The van der Waals surface area contributed by atoms with Crippen molar-refractivity contribution in [2.45, 2.75) is 32.8 Å². The summed E-state index contributed by atoms with van der Waals surface area (Å²) < 4.78 is 0. The van der Waals surface area contributed by atoms with Gasteiger partial charge in [0.2, 0.25) is 0 Å². The van der Waals surface area contributed by atoms with Gasteiger partial charge < -0.3 is 5.11 Å². The second-order valence-corrected chi connectivity index (χ2v) is 4.84. The first-order valence-electron chi connectivity index (χ1n) is 5.17. The van der Waals surface area contributed by atoms with E-state index in [0.29, 0.717) is 16.0 Å². The van der Waals surface area contributed by atoms with E-state index in [1.807, 2.05) is 0 Å². The summed E-state index contributed by atoms with van der Waals surface area (Å²) in [5.41, 5.74) is 0.799. The first kappa shape index (κ1) is 12.8. The zero-order valence-electron chi connectivity index (χ0n) is 9.00. The van der Waals surface area contributed by atoms with Gasteiger partial charge in [-0.15, -0.1) is 0 Å². The summed E-state index contributed by atoms with van der Waals surface area (Å²) in [6.07, 6.45) is 1.33. The minimum Gasteiger partial charge on any atom is -0.388 e. The quantitative estimate of drug-likeness (QED) is 0.832. The molecule has 1 nitrogen and oxygen atoms in total. The average molecular weight is 247 g/mol. The molecule has 0 aliphatic carbocycles. The highest BCUT2D eigenvalue weighted by Gasteiger charge is 2.12. The number of benzene rings is 1. The lowest BCUT2D eigenvalue weighted by Gasteiger charge is -2.15. The van der Waals surface area contributed by atoms with Gasteiger partial charge in [-0.3, -0.25) is 0 Å². The molecule has 0 aromatic heterocycles. The van der Waals surface area contributed by atoms with E-state index in [1.54, 1.807) is 18.2 Å². The number of aliphatic hydroxyl groups is 1. The van der Waals surface area contributed by atoms with Crippen LogP contribution in [0, 0.1) is 5.92 Å². The molecule has 0 amide bonds. The molecule has 0 aliphatic rings. The van der Waals surface area contributed by atoms with Gasteiger partial charge in [0.1, 0.15) is 0 Å². The highest BCUT2D eigenvalue weighted by molar-refractivity contribution is 6.34. The third kappa shape index (κ3) is 4.02. The molecule has 1 N–H and O–H groups in total. The summed E-state index contributed by atoms with van der Waals surface area (Å²) in [7, 11) is 0. The molecule has 3 heteroatoms. The minimum atomic E-state index is -0.476. The molecular formula is C12H16Cl2O. The van der Waals surface area contributed by atoms with Crippen LogP contribution in [0.15, 0.2) is 18.2 Å². The van der Waals surface area contributed by atoms with E-state index in [0.717, 1.165) is 18.4 Å². The molecule has 2 atom stereocenters. The highest BCUT2D eigenvalue weighted by atomic mass is 35.5. The zero-order chi connectivity index (χ0) is 11.4. The maximum atomic E-state index is 9.95. The number of rotatable bonds is 4. The van der Waals surface area contributed by atoms with E-state index in [-0.39, 0.29) is 0 Å². The summed E-state index contributed by atoms with van der Waals surface area (Å²) in [6.45, 7) is 4.23. The summed E-state index contributed by atoms with van der Waals surface area (Å²) in [4.78, 5) is 0. The maximum absolute atomic E-state index is 9.95. The van der Waals surface area contributed by atoms with Crippen LogP contribution in [0.5, 0.6) is 0 Å². The van der Waals surface area contributed by atoms with E-state index < -0.39 is 6.10 Å². The van der Waals surface area contributed by atoms with Crippen molar-refractivity contribution in [2.75, 3.05) is 0 Å². The third-order valence-electron chi connectivity index (χ3n) is 2.59. The fraction of sp³-hybridized carbons (Fsp3) is 0.500. The van der Waals surface area contributed by atoms with Crippen molar-refractivity contribution in [2.24, 2.45) is 5.92 Å². The predicted octanol–water partition coefficient (Wildman–Crippen LogP) is 4.46. The van der Waals surface area contributed by atoms with Crippen LogP contribution in [0.2, 0.25) is 10.0 Å². The number of hydrogen-bond acceptors (Lipinski definition) is 1. The van der Waals surface area contributed by atoms with E-state index in [9.17, 15) is 5.11 Å². The molecule has 1 aromatic rings. The van der Waals surface area contributed by atoms with Crippen LogP contribution in [-0.4, -0.2) is 5.11 Å². The highest BCUT2D eigenvalue weighted by Crippen LogP contribution is 2.27. The van der Waals surface area contributed by atoms with E-state index in [2.05, 4.69) is 13.8 Å². The van der Waals surface area contributed by atoms with Crippen molar-refractivity contribution in [1.29, 1.82) is 0 Å². The first-order valence-corrected chi connectivity index (χ1v) is 5.92. The topological polar surface area (TPSA) is 20.2 Å². The molecule has 84 valence electrons. The molecule has 0 saturated carbocycles. The molecule has 0 bridgehead atoms. The monoisotopic (exact) mass is 246 g/mol. The van der Waals surface area contributed by atoms with Crippen LogP contribution in [0.4, 0.5) is 0 Å². The van der Waals surface area contributed by atoms with E-state index in [4.69, 9.17) is 23.2 Å². The van der Waals surface area contributed by atoms with Gasteiger partial charge in [0.25, 0.3) is 0 Å². The van der Waals surface area contributed by atoms with Crippen molar-refractivity contribution in [3.8, 4) is 0 Å². The Kier molecular flexibility index (Phi) is 4.91. The number of hydrogen-bond donors (Lipinski definition) is 1. The molecule has 1 aromatic carbocycles. The van der Waals surface area contributed by atoms with Crippen molar-refractivity contribution in [1.82, 2.24) is 0 Å². The second-order valence-electron chi connectivity index (χ2n) is 3.97. The summed E-state index contributed by atoms with van der Waals surface area (Å²) in [5, 5.41) is 11.1. The maximum Gasteiger partial charge on any atom is 0.0793 e. The van der Waals surface area contributed by atoms with Crippen molar-refractivity contribution < 1.29 is 5.11 Å². The Morgan fingerprint density at radius 2 is 1.73 bits per heavy atom. The lowest BCUT2D eigenvalue weighted by Crippen LogP contribution is -2.03. The SMILES string of the molecule is CCC(C)CC(O)c1cc(Cl)cc(Cl)c1. The Morgan fingerprint density at radius 3 is 2.20 bits per heavy atom. The van der Waals surface area contributed by atoms with Crippen molar-refractivity contribution in [3.63, 3.8) is 0 Å². The van der Waals surface area contributed by atoms with Crippen LogP contribution in [0.1, 0.15) is 38.4 Å². The van der Waals surface area contributed by atoms with Gasteiger partial charge in [-0.25, -0.2) is 0 Å². The van der Waals surface area contributed by atoms with Crippen LogP contribution >= 0.6 is 23.2 Å². The third-order valence-corrected chi connectivity index (χ3v) is 3.03. The first-order chi connectivity index (χ1) is 7.02. The van der Waals surface area contributed by atoms with Crippen molar-refractivity contribution in [3.05, 3.63) is 33.8 Å². The molecule has 0 aliphatic heterocycles. The zero-order valence-corrected chi connectivity index (χ0v) is 10.5. The average Bonchev–Trinajstić information content (AvgIpc) is 2.16. The van der Waals surface area contributed by atoms with Gasteiger partial charge in [0.15, 0.2) is 0 Å². The van der Waals surface area contributed by atoms with Gasteiger partial charge in [-0.05, 0) is 36.1 Å². The fourth-order valence-electron chi connectivity index (χ4n) is 1.45. The molecule has 0 spiro atoms. The van der Waals surface area contributed by atoms with Crippen LogP contribution in [0.25, 0.3) is 0 Å². The normalized spacial score (nSPS) is 15.0. The molecule has 2 unspecified atom stereocenters. The molecular weight excluding hydrogens is 231 g/mol. The van der Waals surface area contributed by atoms with Gasteiger partial charge in [0, 0.05) is 10.0 Å². The van der Waals surface area contributed by atoms with Crippen LogP contribution in [0.3, 0.4) is 0 Å². The Hall–Kier alpha value is -0.240. The van der Waals surface area contributed by atoms with E-state index >= 15 is 0 Å². The lowest BCUT2D eigenvalue weighted by atomic mass is 9.96. The number of aliphatic hydroxyl groups excluding tert-OH is 1. The van der Waals surface area contributed by atoms with Gasteiger partial charge in [-0.2, -0.15) is 0 Å². The van der Waals surface area contributed by atoms with Gasteiger partial charge in [-0.1, -0.05) is 43.5 Å². The van der Waals surface area contributed by atoms with Crippen LogP contribution < -0.4 is 0 Å². The molecule has 15 heavy (non-hydrogen) atoms. The standard InChI is InChI=1S/C12H16Cl2O/c1-3-8(2)4-12(15)9-5-10(13)7-11(14)6-9/h5-8,12,15H,3-4H2,1-2H3. The van der Waals surface area contributed by atoms with Crippen LogP contribution in [-0.2, 0) is 0 Å². The fourth-order valence-corrected chi connectivity index (χ4v) is 1.99. The Balaban J connectivity index is 2.77. The summed E-state index contributed by atoms with van der Waals surface area (Å²) in [6, 6.07) is 5.20. The van der Waals surface area contributed by atoms with Gasteiger partial charge >= 0.3 is 0 Å². The Bertz CT molecular complexity index is 305. The van der Waals surface area contributed by atoms with Crippen molar-refractivity contribution >= 4 is 23.2 Å². The molecule has 1 rings (SSSR count). The summed E-state index contributed by atoms with van der Waals surface area (Å²) in [5.74, 6) is 0.498. The molecule has 0 radical (unpaired) electrons. The molecule has 0 saturated heterocycles. The molecule has 0 heterocycles. The summed E-state index contributed by atoms with van der Waals surface area (Å²) >= 11 is 11.7. The minimum absolute atomic E-state index is 0.476. The Labute approximate surface area is 101 Å². The van der Waals surface area contributed by atoms with E-state index in [1.165, 1.54) is 0 Å². The smallest absolute Gasteiger partial charge is 0.0793 e. The van der Waals surface area contributed by atoms with Gasteiger partial charge in [0.05, 0.1) is 6.10 Å². The predicted molar refractivity (Wildman–Crippen MR) is 65.5 cm³/mol.